The van der Waals surface area contributed by atoms with Crippen molar-refractivity contribution in [1.29, 1.82) is 0 Å². The number of nitrogens with zero attached hydrogens (tertiary/aromatic N) is 1. The minimum atomic E-state index is -4.93. The molecule has 1 amide bonds. The van der Waals surface area contributed by atoms with Crippen LogP contribution in [0.1, 0.15) is 11.1 Å². The van der Waals surface area contributed by atoms with E-state index in [9.17, 15) is 18.0 Å². The third-order valence-electron chi connectivity index (χ3n) is 3.67. The van der Waals surface area contributed by atoms with Crippen LogP contribution in [-0.2, 0) is 4.79 Å². The number of benzene rings is 1. The number of amides is 1. The first-order valence-electron chi connectivity index (χ1n) is 7.12. The number of rotatable bonds is 3. The molecule has 0 aliphatic carbocycles. The lowest BCUT2D eigenvalue weighted by Crippen LogP contribution is -2.58. The van der Waals surface area contributed by atoms with Crippen molar-refractivity contribution in [2.45, 2.75) is 18.8 Å². The lowest BCUT2D eigenvalue weighted by atomic mass is 10.1. The van der Waals surface area contributed by atoms with Crippen LogP contribution >= 0.6 is 0 Å². The SMILES string of the molecule is Cc1ccc[nH+]c1N[C@@]1(C(F)(F)F)N=C(c2ccccc2)NC1=O. The largest absolute Gasteiger partial charge is 0.464 e. The fourth-order valence-electron chi connectivity index (χ4n) is 2.36. The summed E-state index contributed by atoms with van der Waals surface area (Å²) < 4.78 is 41.2. The number of amidine groups is 1. The van der Waals surface area contributed by atoms with E-state index in [0.717, 1.165) is 0 Å². The minimum Gasteiger partial charge on any atom is -0.304 e. The maximum absolute atomic E-state index is 13.7. The molecule has 2 aromatic rings. The van der Waals surface area contributed by atoms with E-state index in [4.69, 9.17) is 0 Å². The molecule has 8 heteroatoms. The number of alkyl halides is 3. The Bertz CT molecular complexity index is 804. The van der Waals surface area contributed by atoms with Crippen molar-refractivity contribution < 1.29 is 22.9 Å². The summed E-state index contributed by atoms with van der Waals surface area (Å²) in [6, 6.07) is 11.4. The smallest absolute Gasteiger partial charge is 0.304 e. The van der Waals surface area contributed by atoms with Gasteiger partial charge in [0, 0.05) is 11.1 Å². The Morgan fingerprint density at radius 1 is 1.17 bits per heavy atom. The van der Waals surface area contributed by atoms with Crippen molar-refractivity contribution in [1.82, 2.24) is 5.32 Å². The van der Waals surface area contributed by atoms with Crippen LogP contribution in [-0.4, -0.2) is 23.6 Å². The summed E-state index contributed by atoms with van der Waals surface area (Å²) in [6.07, 6.45) is -3.46. The first kappa shape index (κ1) is 16.0. The summed E-state index contributed by atoms with van der Waals surface area (Å²) in [4.78, 5) is 18.6. The molecule has 124 valence electrons. The molecule has 1 aliphatic rings. The predicted molar refractivity (Wildman–Crippen MR) is 81.3 cm³/mol. The second-order valence-electron chi connectivity index (χ2n) is 5.34. The molecule has 0 fully saturated rings. The summed E-state index contributed by atoms with van der Waals surface area (Å²) >= 11 is 0. The fourth-order valence-corrected chi connectivity index (χ4v) is 2.36. The van der Waals surface area contributed by atoms with E-state index in [1.807, 2.05) is 0 Å². The second kappa shape index (κ2) is 5.63. The van der Waals surface area contributed by atoms with E-state index in [2.05, 4.69) is 20.6 Å². The number of aromatic amines is 1. The Kier molecular flexibility index (Phi) is 3.75. The molecule has 0 bridgehead atoms. The molecule has 1 atom stereocenters. The number of carbonyl (C=O) groups is 1. The molecular formula is C16H14F3N4O+. The summed E-state index contributed by atoms with van der Waals surface area (Å²) in [5.74, 6) is -1.33. The quantitative estimate of drug-likeness (QED) is 0.901. The minimum absolute atomic E-state index is 0.0723. The molecule has 3 N–H and O–H groups in total. The van der Waals surface area contributed by atoms with E-state index in [0.29, 0.717) is 11.1 Å². The van der Waals surface area contributed by atoms with Gasteiger partial charge in [-0.3, -0.25) is 4.79 Å². The maximum atomic E-state index is 13.7. The van der Waals surface area contributed by atoms with E-state index >= 15 is 0 Å². The zero-order valence-electron chi connectivity index (χ0n) is 12.6. The van der Waals surface area contributed by atoms with Gasteiger partial charge in [-0.05, 0) is 19.1 Å². The summed E-state index contributed by atoms with van der Waals surface area (Å²) in [7, 11) is 0. The number of pyridine rings is 1. The fraction of sp³-hybridized carbons (Fsp3) is 0.188. The van der Waals surface area contributed by atoms with Crippen LogP contribution in [0, 0.1) is 6.92 Å². The number of aromatic nitrogens is 1. The second-order valence-corrected chi connectivity index (χ2v) is 5.34. The predicted octanol–water partition coefficient (Wildman–Crippen LogP) is 2.06. The van der Waals surface area contributed by atoms with Crippen LogP contribution in [0.15, 0.2) is 53.7 Å². The number of anilines is 1. The van der Waals surface area contributed by atoms with E-state index in [1.165, 1.54) is 6.20 Å². The van der Waals surface area contributed by atoms with Gasteiger partial charge in [0.1, 0.15) is 5.84 Å². The lowest BCUT2D eigenvalue weighted by molar-refractivity contribution is -0.363. The van der Waals surface area contributed by atoms with Gasteiger partial charge in [-0.2, -0.15) is 13.2 Å². The molecule has 5 nitrogen and oxygen atoms in total. The molecule has 0 saturated carbocycles. The number of hydrogen-bond acceptors (Lipinski definition) is 3. The number of hydrogen-bond donors (Lipinski definition) is 2. The van der Waals surface area contributed by atoms with Crippen molar-refractivity contribution in [2.75, 3.05) is 5.32 Å². The van der Waals surface area contributed by atoms with Gasteiger partial charge in [0.25, 0.3) is 5.82 Å². The highest BCUT2D eigenvalue weighted by molar-refractivity contribution is 6.16. The van der Waals surface area contributed by atoms with Gasteiger partial charge in [-0.1, -0.05) is 30.3 Å². The third kappa shape index (κ3) is 2.60. The number of halogens is 3. The van der Waals surface area contributed by atoms with E-state index in [1.54, 1.807) is 49.4 Å². The number of H-pyrrole nitrogens is 1. The molecule has 2 heterocycles. The average Bonchev–Trinajstić information content (AvgIpc) is 2.88. The lowest BCUT2D eigenvalue weighted by Gasteiger charge is -2.23. The van der Waals surface area contributed by atoms with Gasteiger partial charge in [0.2, 0.25) is 0 Å². The van der Waals surface area contributed by atoms with Gasteiger partial charge >= 0.3 is 17.7 Å². The van der Waals surface area contributed by atoms with Gasteiger partial charge in [-0.25, -0.2) is 15.3 Å². The van der Waals surface area contributed by atoms with Crippen molar-refractivity contribution in [3.63, 3.8) is 0 Å². The van der Waals surface area contributed by atoms with E-state index < -0.39 is 17.7 Å². The summed E-state index contributed by atoms with van der Waals surface area (Å²) in [6.45, 7) is 1.62. The van der Waals surface area contributed by atoms with E-state index in [-0.39, 0.29) is 11.7 Å². The van der Waals surface area contributed by atoms with Gasteiger partial charge in [-0.15, -0.1) is 0 Å². The number of aliphatic imine (C=N–C) groups is 1. The van der Waals surface area contributed by atoms with Crippen molar-refractivity contribution >= 4 is 17.6 Å². The molecule has 0 radical (unpaired) electrons. The van der Waals surface area contributed by atoms with Crippen LogP contribution in [0.4, 0.5) is 19.0 Å². The van der Waals surface area contributed by atoms with Crippen LogP contribution in [0.3, 0.4) is 0 Å². The highest BCUT2D eigenvalue weighted by Crippen LogP contribution is 2.37. The highest BCUT2D eigenvalue weighted by atomic mass is 19.4. The first-order valence-corrected chi connectivity index (χ1v) is 7.12. The molecule has 1 aromatic heterocycles. The van der Waals surface area contributed by atoms with Crippen LogP contribution < -0.4 is 15.6 Å². The average molecular weight is 335 g/mol. The zero-order chi connectivity index (χ0) is 17.4. The molecule has 0 unspecified atom stereocenters. The normalized spacial score (nSPS) is 20.5. The zero-order valence-corrected chi connectivity index (χ0v) is 12.6. The number of nitrogens with one attached hydrogen (secondary N) is 3. The van der Waals surface area contributed by atoms with Gasteiger partial charge in [0.15, 0.2) is 0 Å². The molecule has 24 heavy (non-hydrogen) atoms. The molecule has 0 spiro atoms. The standard InChI is InChI=1S/C16H13F3N4O/c1-10-6-5-9-20-12(10)22-15(16(17,18)19)14(24)21-13(23-15)11-7-3-2-4-8-11/h2-9H,1H3,(H,20,22)(H,21,23,24)/p+1/t15-/m1/s1. The van der Waals surface area contributed by atoms with Crippen LogP contribution in [0.5, 0.6) is 0 Å². The van der Waals surface area contributed by atoms with Crippen molar-refractivity contribution in [3.8, 4) is 0 Å². The Morgan fingerprint density at radius 3 is 2.50 bits per heavy atom. The highest BCUT2D eigenvalue weighted by Gasteiger charge is 2.68. The van der Waals surface area contributed by atoms with Crippen LogP contribution in [0.2, 0.25) is 0 Å². The summed E-state index contributed by atoms with van der Waals surface area (Å²) in [5, 5.41) is 4.45. The number of carbonyl (C=O) groups excluding carboxylic acids is 1. The van der Waals surface area contributed by atoms with Crippen molar-refractivity contribution in [2.24, 2.45) is 4.99 Å². The van der Waals surface area contributed by atoms with Gasteiger partial charge in [0.05, 0.1) is 6.20 Å². The molecule has 1 aliphatic heterocycles. The molecular weight excluding hydrogens is 321 g/mol. The topological polar surface area (TPSA) is 67.6 Å². The maximum Gasteiger partial charge on any atom is 0.464 e. The third-order valence-corrected chi connectivity index (χ3v) is 3.67. The number of aryl methyl sites for hydroxylation is 1. The Labute approximate surface area is 135 Å². The Morgan fingerprint density at radius 2 is 1.88 bits per heavy atom. The summed E-state index contributed by atoms with van der Waals surface area (Å²) in [5.41, 5.74) is -2.16. The molecule has 0 saturated heterocycles. The molecule has 3 rings (SSSR count). The Balaban J connectivity index is 2.08. The van der Waals surface area contributed by atoms with Gasteiger partial charge < -0.3 is 5.32 Å². The monoisotopic (exact) mass is 335 g/mol. The Hall–Kier alpha value is -2.90. The van der Waals surface area contributed by atoms with Crippen LogP contribution in [0.25, 0.3) is 0 Å². The molecule has 1 aromatic carbocycles. The van der Waals surface area contributed by atoms with Crippen molar-refractivity contribution in [3.05, 3.63) is 59.8 Å². The first-order chi connectivity index (χ1) is 11.3.